The van der Waals surface area contributed by atoms with E-state index in [4.69, 9.17) is 4.74 Å². The molecular formula is C21H26N4O2. The first kappa shape index (κ1) is 18.1. The van der Waals surface area contributed by atoms with Crippen LogP contribution in [0.1, 0.15) is 28.9 Å². The topological polar surface area (TPSA) is 58.6 Å². The van der Waals surface area contributed by atoms with Crippen LogP contribution in [0.3, 0.4) is 0 Å². The number of ether oxygens (including phenoxy) is 1. The maximum Gasteiger partial charge on any atom is 0.272 e. The second kappa shape index (κ2) is 7.74. The van der Waals surface area contributed by atoms with E-state index < -0.39 is 0 Å². The largest absolute Gasteiger partial charge is 0.371 e. The van der Waals surface area contributed by atoms with E-state index in [0.717, 1.165) is 32.5 Å². The standard InChI is InChI=1S/C21H26N4O2/c1-24(12-17-5-4-9-22-11-17)13-18-7-8-21(27-14-18)15-25(16-21)20(26)19-6-2-3-10-23-19/h2-6,9-11,18H,7-8,12-16H2,1H3/t18-/m1/s1. The summed E-state index contributed by atoms with van der Waals surface area (Å²) in [6, 6.07) is 9.52. The van der Waals surface area contributed by atoms with E-state index in [0.29, 0.717) is 24.7 Å². The van der Waals surface area contributed by atoms with Crippen molar-refractivity contribution in [3.8, 4) is 0 Å². The van der Waals surface area contributed by atoms with Gasteiger partial charge in [-0.3, -0.25) is 14.8 Å². The number of rotatable bonds is 5. The Balaban J connectivity index is 1.22. The van der Waals surface area contributed by atoms with Gasteiger partial charge in [-0.1, -0.05) is 12.1 Å². The van der Waals surface area contributed by atoms with Gasteiger partial charge in [0.1, 0.15) is 11.3 Å². The van der Waals surface area contributed by atoms with E-state index in [1.165, 1.54) is 5.56 Å². The lowest BCUT2D eigenvalue weighted by Gasteiger charge is -2.52. The summed E-state index contributed by atoms with van der Waals surface area (Å²) in [6.45, 7) is 4.05. The van der Waals surface area contributed by atoms with E-state index in [9.17, 15) is 4.79 Å². The molecule has 0 unspecified atom stereocenters. The molecule has 4 rings (SSSR count). The maximum absolute atomic E-state index is 12.4. The van der Waals surface area contributed by atoms with Gasteiger partial charge >= 0.3 is 0 Å². The van der Waals surface area contributed by atoms with Crippen LogP contribution in [0.25, 0.3) is 0 Å². The van der Waals surface area contributed by atoms with E-state index >= 15 is 0 Å². The average Bonchev–Trinajstić information content (AvgIpc) is 2.68. The highest BCUT2D eigenvalue weighted by molar-refractivity contribution is 5.93. The van der Waals surface area contributed by atoms with Crippen LogP contribution in [-0.2, 0) is 11.3 Å². The van der Waals surface area contributed by atoms with Gasteiger partial charge in [0, 0.05) is 31.7 Å². The van der Waals surface area contributed by atoms with Gasteiger partial charge < -0.3 is 14.5 Å². The highest BCUT2D eigenvalue weighted by Gasteiger charge is 2.48. The Hall–Kier alpha value is -2.31. The minimum Gasteiger partial charge on any atom is -0.371 e. The Kier molecular flexibility index (Phi) is 5.18. The molecule has 4 heterocycles. The number of nitrogens with zero attached hydrogens (tertiary/aromatic N) is 4. The fourth-order valence-corrected chi connectivity index (χ4v) is 4.06. The predicted molar refractivity (Wildman–Crippen MR) is 102 cm³/mol. The van der Waals surface area contributed by atoms with Gasteiger partial charge in [0.25, 0.3) is 5.91 Å². The summed E-state index contributed by atoms with van der Waals surface area (Å²) in [5.74, 6) is 0.543. The molecule has 2 aromatic rings. The quantitative estimate of drug-likeness (QED) is 0.812. The zero-order valence-electron chi connectivity index (χ0n) is 15.8. The molecule has 2 aliphatic heterocycles. The molecule has 1 spiro atoms. The van der Waals surface area contributed by atoms with E-state index in [1.807, 2.05) is 29.3 Å². The smallest absolute Gasteiger partial charge is 0.272 e. The van der Waals surface area contributed by atoms with Crippen LogP contribution in [0.5, 0.6) is 0 Å². The molecular weight excluding hydrogens is 340 g/mol. The van der Waals surface area contributed by atoms with Crippen LogP contribution in [0.15, 0.2) is 48.9 Å². The number of carbonyl (C=O) groups is 1. The molecule has 0 aromatic carbocycles. The van der Waals surface area contributed by atoms with Crippen molar-refractivity contribution in [2.75, 3.05) is 33.3 Å². The summed E-state index contributed by atoms with van der Waals surface area (Å²) in [7, 11) is 2.15. The third-order valence-electron chi connectivity index (χ3n) is 5.51. The molecule has 0 saturated carbocycles. The van der Waals surface area contributed by atoms with Crippen LogP contribution in [-0.4, -0.2) is 64.6 Å². The number of aromatic nitrogens is 2. The Morgan fingerprint density at radius 2 is 2.19 bits per heavy atom. The zero-order chi connectivity index (χ0) is 18.7. The first-order valence-corrected chi connectivity index (χ1v) is 9.55. The molecule has 2 aromatic heterocycles. The van der Waals surface area contributed by atoms with Gasteiger partial charge in [-0.25, -0.2) is 0 Å². The van der Waals surface area contributed by atoms with Crippen LogP contribution in [0, 0.1) is 5.92 Å². The third kappa shape index (κ3) is 4.17. The van der Waals surface area contributed by atoms with Crippen molar-refractivity contribution in [2.24, 2.45) is 5.92 Å². The van der Waals surface area contributed by atoms with Gasteiger partial charge in [-0.15, -0.1) is 0 Å². The van der Waals surface area contributed by atoms with Crippen molar-refractivity contribution in [3.63, 3.8) is 0 Å². The number of hydrogen-bond acceptors (Lipinski definition) is 5. The fraction of sp³-hybridized carbons (Fsp3) is 0.476. The van der Waals surface area contributed by atoms with E-state index in [1.54, 1.807) is 18.5 Å². The molecule has 27 heavy (non-hydrogen) atoms. The monoisotopic (exact) mass is 366 g/mol. The second-order valence-electron chi connectivity index (χ2n) is 7.83. The minimum absolute atomic E-state index is 0.00292. The van der Waals surface area contributed by atoms with Crippen molar-refractivity contribution in [3.05, 3.63) is 60.2 Å². The van der Waals surface area contributed by atoms with E-state index in [2.05, 4.69) is 28.0 Å². The molecule has 1 amide bonds. The number of pyridine rings is 2. The second-order valence-corrected chi connectivity index (χ2v) is 7.83. The third-order valence-corrected chi connectivity index (χ3v) is 5.51. The predicted octanol–water partition coefficient (Wildman–Crippen LogP) is 2.23. The molecule has 6 heteroatoms. The molecule has 2 saturated heterocycles. The molecule has 0 bridgehead atoms. The molecule has 0 radical (unpaired) electrons. The molecule has 142 valence electrons. The van der Waals surface area contributed by atoms with Crippen LogP contribution in [0.2, 0.25) is 0 Å². The van der Waals surface area contributed by atoms with Crippen molar-refractivity contribution in [2.45, 2.75) is 25.0 Å². The summed E-state index contributed by atoms with van der Waals surface area (Å²) in [6.07, 6.45) is 7.54. The molecule has 1 atom stereocenters. The number of likely N-dealkylation sites (tertiary alicyclic amines) is 1. The highest BCUT2D eigenvalue weighted by Crippen LogP contribution is 2.36. The van der Waals surface area contributed by atoms with Crippen molar-refractivity contribution < 1.29 is 9.53 Å². The van der Waals surface area contributed by atoms with Gasteiger partial charge in [0.2, 0.25) is 0 Å². The molecule has 0 aliphatic carbocycles. The van der Waals surface area contributed by atoms with Crippen LogP contribution in [0.4, 0.5) is 0 Å². The number of hydrogen-bond donors (Lipinski definition) is 0. The summed E-state index contributed by atoms with van der Waals surface area (Å²) in [4.78, 5) is 24.9. The average molecular weight is 366 g/mol. The molecule has 6 nitrogen and oxygen atoms in total. The van der Waals surface area contributed by atoms with Gasteiger partial charge in [-0.05, 0) is 49.6 Å². The summed E-state index contributed by atoms with van der Waals surface area (Å²) in [5.41, 5.74) is 1.61. The molecule has 2 fully saturated rings. The van der Waals surface area contributed by atoms with Gasteiger partial charge in [0.05, 0.1) is 19.7 Å². The lowest BCUT2D eigenvalue weighted by atomic mass is 9.82. The first-order valence-electron chi connectivity index (χ1n) is 9.55. The minimum atomic E-state index is -0.136. The van der Waals surface area contributed by atoms with Crippen molar-refractivity contribution in [1.82, 2.24) is 19.8 Å². The number of amides is 1. The van der Waals surface area contributed by atoms with E-state index in [-0.39, 0.29) is 11.5 Å². The fourth-order valence-electron chi connectivity index (χ4n) is 4.06. The van der Waals surface area contributed by atoms with Crippen molar-refractivity contribution in [1.29, 1.82) is 0 Å². The zero-order valence-corrected chi connectivity index (χ0v) is 15.8. The van der Waals surface area contributed by atoms with Crippen LogP contribution < -0.4 is 0 Å². The summed E-state index contributed by atoms with van der Waals surface area (Å²) < 4.78 is 6.23. The highest BCUT2D eigenvalue weighted by atomic mass is 16.5. The summed E-state index contributed by atoms with van der Waals surface area (Å²) in [5, 5.41) is 0. The van der Waals surface area contributed by atoms with Gasteiger partial charge in [0.15, 0.2) is 0 Å². The Labute approximate surface area is 160 Å². The lowest BCUT2D eigenvalue weighted by Crippen LogP contribution is -2.66. The first-order chi connectivity index (χ1) is 13.1. The SMILES string of the molecule is CN(Cc1cccnc1)C[C@H]1CCC2(CN(C(=O)c3ccccn3)C2)OC1. The molecule has 0 N–H and O–H groups in total. The Bertz CT molecular complexity index is 752. The Morgan fingerprint density at radius 3 is 2.85 bits per heavy atom. The van der Waals surface area contributed by atoms with Crippen molar-refractivity contribution >= 4 is 5.91 Å². The lowest BCUT2D eigenvalue weighted by molar-refractivity contribution is -0.168. The normalized spacial score (nSPS) is 21.3. The van der Waals surface area contributed by atoms with Gasteiger partial charge in [-0.2, -0.15) is 0 Å². The summed E-state index contributed by atoms with van der Waals surface area (Å²) >= 11 is 0. The molecule has 2 aliphatic rings. The maximum atomic E-state index is 12.4. The Morgan fingerprint density at radius 1 is 1.30 bits per heavy atom. The van der Waals surface area contributed by atoms with Crippen LogP contribution >= 0.6 is 0 Å². The number of carbonyl (C=O) groups excluding carboxylic acids is 1.